The second-order valence-electron chi connectivity index (χ2n) is 8.01. The van der Waals surface area contributed by atoms with Crippen LogP contribution in [0.3, 0.4) is 0 Å². The van der Waals surface area contributed by atoms with E-state index in [4.69, 9.17) is 4.74 Å². The van der Waals surface area contributed by atoms with Gasteiger partial charge in [0.15, 0.2) is 0 Å². The molecular formula is C21H29FN4O4S. The molecule has 0 spiro atoms. The highest BCUT2D eigenvalue weighted by molar-refractivity contribution is 7.89. The number of rotatable bonds is 7. The molecule has 1 atom stereocenters. The molecule has 3 rings (SSSR count). The lowest BCUT2D eigenvalue weighted by Crippen LogP contribution is -2.41. The molecule has 1 amide bonds. The number of hydrogen-bond acceptors (Lipinski definition) is 5. The summed E-state index contributed by atoms with van der Waals surface area (Å²) in [7, 11) is -3.72. The molecule has 0 bridgehead atoms. The Morgan fingerprint density at radius 2 is 1.81 bits per heavy atom. The minimum Gasteiger partial charge on any atom is -0.379 e. The van der Waals surface area contributed by atoms with Gasteiger partial charge in [0.05, 0.1) is 30.6 Å². The SMILES string of the molecule is Cc1nn(CC(=O)NC(c2ccc(F)cc2)C(C)C)c(C)c1S(=O)(=O)N1CCOCC1. The first-order chi connectivity index (χ1) is 14.6. The van der Waals surface area contributed by atoms with Crippen LogP contribution in [0.15, 0.2) is 29.2 Å². The molecule has 0 aliphatic carbocycles. The first kappa shape index (κ1) is 23.4. The van der Waals surface area contributed by atoms with Crippen LogP contribution in [-0.4, -0.2) is 54.7 Å². The van der Waals surface area contributed by atoms with Crippen LogP contribution in [0, 0.1) is 25.6 Å². The number of morpholine rings is 1. The van der Waals surface area contributed by atoms with Crippen LogP contribution in [0.4, 0.5) is 4.39 Å². The Bertz CT molecular complexity index is 1030. The van der Waals surface area contributed by atoms with Gasteiger partial charge in [0, 0.05) is 13.1 Å². The zero-order valence-corrected chi connectivity index (χ0v) is 19.1. The van der Waals surface area contributed by atoms with E-state index in [1.54, 1.807) is 26.0 Å². The Morgan fingerprint density at radius 1 is 1.19 bits per heavy atom. The third kappa shape index (κ3) is 5.13. The van der Waals surface area contributed by atoms with Gasteiger partial charge in [0.2, 0.25) is 15.9 Å². The van der Waals surface area contributed by atoms with E-state index in [1.807, 2.05) is 13.8 Å². The maximum Gasteiger partial charge on any atom is 0.246 e. The second kappa shape index (κ2) is 9.46. The number of hydrogen-bond donors (Lipinski definition) is 1. The molecule has 2 aromatic rings. The van der Waals surface area contributed by atoms with Gasteiger partial charge in [-0.1, -0.05) is 26.0 Å². The minimum atomic E-state index is -3.72. The summed E-state index contributed by atoms with van der Waals surface area (Å²) in [6.45, 7) is 8.39. The molecule has 1 aliphatic rings. The van der Waals surface area contributed by atoms with E-state index in [9.17, 15) is 17.6 Å². The van der Waals surface area contributed by atoms with Crippen LogP contribution in [0.2, 0.25) is 0 Å². The van der Waals surface area contributed by atoms with Crippen molar-refractivity contribution in [3.8, 4) is 0 Å². The number of sulfonamides is 1. The Labute approximate surface area is 182 Å². The lowest BCUT2D eigenvalue weighted by molar-refractivity contribution is -0.123. The van der Waals surface area contributed by atoms with Crippen molar-refractivity contribution in [2.45, 2.75) is 45.2 Å². The molecule has 0 radical (unpaired) electrons. The molecule has 1 N–H and O–H groups in total. The van der Waals surface area contributed by atoms with Crippen molar-refractivity contribution < 1.29 is 22.3 Å². The summed E-state index contributed by atoms with van der Waals surface area (Å²) in [6, 6.07) is 5.72. The Kier molecular flexibility index (Phi) is 7.13. The van der Waals surface area contributed by atoms with Crippen molar-refractivity contribution in [3.63, 3.8) is 0 Å². The van der Waals surface area contributed by atoms with Gasteiger partial charge >= 0.3 is 0 Å². The Morgan fingerprint density at radius 3 is 2.39 bits per heavy atom. The van der Waals surface area contributed by atoms with Crippen LogP contribution in [0.25, 0.3) is 0 Å². The maximum absolute atomic E-state index is 13.3. The summed E-state index contributed by atoms with van der Waals surface area (Å²) < 4.78 is 47.5. The average molecular weight is 453 g/mol. The van der Waals surface area contributed by atoms with Gasteiger partial charge in [0.1, 0.15) is 17.3 Å². The van der Waals surface area contributed by atoms with Crippen LogP contribution in [0.5, 0.6) is 0 Å². The molecular weight excluding hydrogens is 423 g/mol. The van der Waals surface area contributed by atoms with E-state index in [2.05, 4.69) is 10.4 Å². The van der Waals surface area contributed by atoms with Crippen molar-refractivity contribution in [1.82, 2.24) is 19.4 Å². The largest absolute Gasteiger partial charge is 0.379 e. The van der Waals surface area contributed by atoms with Crippen molar-refractivity contribution in [2.24, 2.45) is 5.92 Å². The topological polar surface area (TPSA) is 93.5 Å². The highest BCUT2D eigenvalue weighted by Crippen LogP contribution is 2.25. The fourth-order valence-electron chi connectivity index (χ4n) is 3.78. The predicted octanol–water partition coefficient (Wildman–Crippen LogP) is 2.17. The van der Waals surface area contributed by atoms with Gasteiger partial charge in [-0.25, -0.2) is 12.8 Å². The zero-order chi connectivity index (χ0) is 22.8. The fraction of sp³-hybridized carbons (Fsp3) is 0.524. The van der Waals surface area contributed by atoms with E-state index < -0.39 is 10.0 Å². The second-order valence-corrected chi connectivity index (χ2v) is 9.89. The fourth-order valence-corrected chi connectivity index (χ4v) is 5.56. The molecule has 2 heterocycles. The van der Waals surface area contributed by atoms with Gasteiger partial charge in [-0.15, -0.1) is 0 Å². The third-order valence-corrected chi connectivity index (χ3v) is 7.54. The number of nitrogens with one attached hydrogen (secondary N) is 1. The molecule has 1 saturated heterocycles. The van der Waals surface area contributed by atoms with Gasteiger partial charge in [-0.05, 0) is 37.5 Å². The molecule has 1 fully saturated rings. The number of amides is 1. The molecule has 8 nitrogen and oxygen atoms in total. The molecule has 0 saturated carbocycles. The summed E-state index contributed by atoms with van der Waals surface area (Å²) in [4.78, 5) is 12.9. The molecule has 1 aliphatic heterocycles. The Hall–Kier alpha value is -2.30. The zero-order valence-electron chi connectivity index (χ0n) is 18.3. The number of benzene rings is 1. The lowest BCUT2D eigenvalue weighted by Gasteiger charge is -2.26. The molecule has 170 valence electrons. The highest BCUT2D eigenvalue weighted by Gasteiger charge is 2.32. The molecule has 1 aromatic heterocycles. The lowest BCUT2D eigenvalue weighted by atomic mass is 9.96. The summed E-state index contributed by atoms with van der Waals surface area (Å²) in [6.07, 6.45) is 0. The highest BCUT2D eigenvalue weighted by atomic mass is 32.2. The molecule has 1 aromatic carbocycles. The van der Waals surface area contributed by atoms with Crippen molar-refractivity contribution >= 4 is 15.9 Å². The third-order valence-electron chi connectivity index (χ3n) is 5.39. The average Bonchev–Trinajstić information content (AvgIpc) is 3.01. The van der Waals surface area contributed by atoms with Crippen molar-refractivity contribution in [3.05, 3.63) is 47.0 Å². The maximum atomic E-state index is 13.3. The number of aryl methyl sites for hydroxylation is 1. The van der Waals surface area contributed by atoms with Crippen LogP contribution >= 0.6 is 0 Å². The van der Waals surface area contributed by atoms with E-state index in [0.717, 1.165) is 5.56 Å². The van der Waals surface area contributed by atoms with Crippen molar-refractivity contribution in [2.75, 3.05) is 26.3 Å². The monoisotopic (exact) mass is 452 g/mol. The first-order valence-electron chi connectivity index (χ1n) is 10.3. The van der Waals surface area contributed by atoms with Gasteiger partial charge in [0.25, 0.3) is 0 Å². The summed E-state index contributed by atoms with van der Waals surface area (Å²) in [5.74, 6) is -0.565. The van der Waals surface area contributed by atoms with Crippen molar-refractivity contribution in [1.29, 1.82) is 0 Å². The summed E-state index contributed by atoms with van der Waals surface area (Å²) >= 11 is 0. The molecule has 10 heteroatoms. The van der Waals surface area contributed by atoms with E-state index in [-0.39, 0.29) is 35.1 Å². The van der Waals surface area contributed by atoms with Crippen LogP contribution in [-0.2, 0) is 26.1 Å². The normalized spacial score (nSPS) is 16.5. The van der Waals surface area contributed by atoms with Gasteiger partial charge < -0.3 is 10.1 Å². The van der Waals surface area contributed by atoms with E-state index >= 15 is 0 Å². The number of halogens is 1. The summed E-state index contributed by atoms with van der Waals surface area (Å²) in [5.41, 5.74) is 1.58. The van der Waals surface area contributed by atoms with Gasteiger partial charge in [-0.3, -0.25) is 9.48 Å². The number of ether oxygens (including phenoxy) is 1. The standard InChI is InChI=1S/C21H29FN4O4S/c1-14(2)20(17-5-7-18(22)8-6-17)23-19(27)13-26-16(4)21(15(3)24-26)31(28,29)25-9-11-30-12-10-25/h5-8,14,20H,9-13H2,1-4H3,(H,23,27). The number of carbonyl (C=O) groups is 1. The minimum absolute atomic E-state index is 0.0760. The predicted molar refractivity (Wildman–Crippen MR) is 113 cm³/mol. The van der Waals surface area contributed by atoms with E-state index in [0.29, 0.717) is 37.7 Å². The summed E-state index contributed by atoms with van der Waals surface area (Å²) in [5, 5.41) is 7.28. The van der Waals surface area contributed by atoms with Crippen LogP contribution < -0.4 is 5.32 Å². The number of nitrogens with zero attached hydrogens (tertiary/aromatic N) is 3. The molecule has 1 unspecified atom stereocenters. The Balaban J connectivity index is 1.78. The first-order valence-corrected chi connectivity index (χ1v) is 11.7. The smallest absolute Gasteiger partial charge is 0.246 e. The van der Waals surface area contributed by atoms with E-state index in [1.165, 1.54) is 21.1 Å². The molecule has 31 heavy (non-hydrogen) atoms. The van der Waals surface area contributed by atoms with Crippen LogP contribution in [0.1, 0.15) is 36.8 Å². The quantitative estimate of drug-likeness (QED) is 0.695. The number of carbonyl (C=O) groups excluding carboxylic acids is 1. The number of aromatic nitrogens is 2. The van der Waals surface area contributed by atoms with Gasteiger partial charge in [-0.2, -0.15) is 9.40 Å².